The van der Waals surface area contributed by atoms with Crippen LogP contribution in [0.15, 0.2) is 60.7 Å². The number of hydrogen-bond acceptors (Lipinski definition) is 0. The van der Waals surface area contributed by atoms with E-state index < -0.39 is 0 Å². The molecule has 2 unspecified atom stereocenters. The van der Waals surface area contributed by atoms with E-state index in [1.54, 1.807) is 0 Å². The second-order valence-electron chi connectivity index (χ2n) is 7.03. The van der Waals surface area contributed by atoms with Gasteiger partial charge in [0.05, 0.1) is 0 Å². The van der Waals surface area contributed by atoms with Gasteiger partial charge >= 0.3 is 159 Å². The minimum absolute atomic E-state index is 0.399. The van der Waals surface area contributed by atoms with Crippen molar-refractivity contribution in [3.05, 3.63) is 71.8 Å². The van der Waals surface area contributed by atoms with Crippen molar-refractivity contribution in [2.24, 2.45) is 0 Å². The molecule has 0 N–H and O–H groups in total. The third kappa shape index (κ3) is 4.17. The fourth-order valence-corrected chi connectivity index (χ4v) is 5.21. The Labute approximate surface area is 158 Å². The molecular formula is C24H28Se. The molecule has 0 aliphatic rings. The Morgan fingerprint density at radius 2 is 0.960 bits per heavy atom. The van der Waals surface area contributed by atoms with Crippen LogP contribution >= 0.6 is 0 Å². The molecule has 3 rings (SSSR count). The van der Waals surface area contributed by atoms with Crippen molar-refractivity contribution in [2.45, 2.75) is 52.4 Å². The predicted molar refractivity (Wildman–Crippen MR) is 112 cm³/mol. The van der Waals surface area contributed by atoms with Gasteiger partial charge < -0.3 is 0 Å². The first-order chi connectivity index (χ1) is 12.1. The Morgan fingerprint density at radius 1 is 0.600 bits per heavy atom. The summed E-state index contributed by atoms with van der Waals surface area (Å²) in [6.45, 7) is 9.11. The van der Waals surface area contributed by atoms with Gasteiger partial charge in [0.15, 0.2) is 0 Å². The molecule has 0 nitrogen and oxygen atoms in total. The summed E-state index contributed by atoms with van der Waals surface area (Å²) >= 11 is 0.399. The van der Waals surface area contributed by atoms with Crippen molar-refractivity contribution in [1.82, 2.24) is 0 Å². The van der Waals surface area contributed by atoms with Crippen LogP contribution in [0.5, 0.6) is 0 Å². The van der Waals surface area contributed by atoms with Crippen molar-refractivity contribution in [3.8, 4) is 20.0 Å². The van der Waals surface area contributed by atoms with Gasteiger partial charge in [0.2, 0.25) is 0 Å². The third-order valence-electron chi connectivity index (χ3n) is 5.36. The summed E-state index contributed by atoms with van der Waals surface area (Å²) in [6, 6.07) is 23.1. The Kier molecular flexibility index (Phi) is 5.99. The standard InChI is InChI=1S/C24H28Se/c1-5-17(3)19-7-11-21(12-8-19)23-15-16-24(25-23)22-13-9-20(10-14-22)18(4)6-2/h7-18H,5-6H2,1-4H3. The molecular weight excluding hydrogens is 367 g/mol. The molecule has 0 saturated carbocycles. The average molecular weight is 395 g/mol. The summed E-state index contributed by atoms with van der Waals surface area (Å²) in [5.74, 6) is 1.30. The Morgan fingerprint density at radius 3 is 1.28 bits per heavy atom. The van der Waals surface area contributed by atoms with E-state index in [0.29, 0.717) is 26.3 Å². The van der Waals surface area contributed by atoms with Crippen LogP contribution in [-0.2, 0) is 0 Å². The van der Waals surface area contributed by atoms with Gasteiger partial charge in [-0.25, -0.2) is 0 Å². The van der Waals surface area contributed by atoms with Crippen molar-refractivity contribution >= 4 is 14.5 Å². The van der Waals surface area contributed by atoms with E-state index in [9.17, 15) is 0 Å². The molecule has 0 aliphatic heterocycles. The molecule has 0 radical (unpaired) electrons. The van der Waals surface area contributed by atoms with E-state index in [2.05, 4.69) is 88.4 Å². The van der Waals surface area contributed by atoms with Gasteiger partial charge in [0.1, 0.15) is 0 Å². The first kappa shape index (κ1) is 18.2. The SMILES string of the molecule is CCC(C)c1ccc(-c2ccc(-c3ccc(C(C)CC)cc3)[se]2)cc1. The van der Waals surface area contributed by atoms with Crippen LogP contribution in [-0.4, -0.2) is 14.5 Å². The summed E-state index contributed by atoms with van der Waals surface area (Å²) < 4.78 is 2.98. The van der Waals surface area contributed by atoms with Crippen LogP contribution in [0.2, 0.25) is 0 Å². The van der Waals surface area contributed by atoms with Gasteiger partial charge in [-0.15, -0.1) is 0 Å². The second kappa shape index (κ2) is 8.21. The van der Waals surface area contributed by atoms with Crippen LogP contribution in [0.1, 0.15) is 63.5 Å². The van der Waals surface area contributed by atoms with Gasteiger partial charge in [-0.1, -0.05) is 0 Å². The van der Waals surface area contributed by atoms with Crippen molar-refractivity contribution in [2.75, 3.05) is 0 Å². The summed E-state index contributed by atoms with van der Waals surface area (Å²) in [6.07, 6.45) is 2.40. The van der Waals surface area contributed by atoms with E-state index >= 15 is 0 Å². The van der Waals surface area contributed by atoms with Gasteiger partial charge in [0, 0.05) is 0 Å². The Balaban J connectivity index is 1.80. The fraction of sp³-hybridized carbons (Fsp3) is 0.333. The molecule has 0 bridgehead atoms. The first-order valence-electron chi connectivity index (χ1n) is 9.42. The fourth-order valence-electron chi connectivity index (χ4n) is 3.07. The van der Waals surface area contributed by atoms with Gasteiger partial charge in [-0.2, -0.15) is 0 Å². The number of rotatable bonds is 6. The molecule has 0 fully saturated rings. The summed E-state index contributed by atoms with van der Waals surface area (Å²) in [5, 5.41) is 0. The second-order valence-corrected chi connectivity index (χ2v) is 9.30. The normalized spacial score (nSPS) is 13.6. The van der Waals surface area contributed by atoms with Crippen molar-refractivity contribution in [1.29, 1.82) is 0 Å². The zero-order valence-corrected chi connectivity index (χ0v) is 17.5. The Bertz CT molecular complexity index is 725. The molecule has 1 heterocycles. The number of hydrogen-bond donors (Lipinski definition) is 0. The summed E-state index contributed by atoms with van der Waals surface area (Å²) in [5.41, 5.74) is 5.67. The zero-order valence-electron chi connectivity index (χ0n) is 15.8. The molecule has 0 saturated heterocycles. The van der Waals surface area contributed by atoms with Crippen LogP contribution in [0.25, 0.3) is 20.0 Å². The minimum atomic E-state index is 0.399. The molecule has 3 aromatic rings. The van der Waals surface area contributed by atoms with E-state index in [4.69, 9.17) is 0 Å². The number of benzene rings is 2. The molecule has 1 heteroatoms. The molecule has 2 atom stereocenters. The molecule has 130 valence electrons. The molecule has 25 heavy (non-hydrogen) atoms. The molecule has 2 aromatic carbocycles. The average Bonchev–Trinajstić information content (AvgIpc) is 3.17. The maximum atomic E-state index is 2.32. The molecule has 0 spiro atoms. The predicted octanol–water partition coefficient (Wildman–Crippen LogP) is 7.10. The van der Waals surface area contributed by atoms with E-state index in [1.165, 1.54) is 44.0 Å². The molecule has 0 amide bonds. The molecule has 1 aromatic heterocycles. The van der Waals surface area contributed by atoms with E-state index in [1.807, 2.05) is 0 Å². The van der Waals surface area contributed by atoms with Crippen molar-refractivity contribution < 1.29 is 0 Å². The quantitative estimate of drug-likeness (QED) is 0.390. The maximum absolute atomic E-state index is 2.32. The topological polar surface area (TPSA) is 0 Å². The Hall–Kier alpha value is -1.56. The summed E-state index contributed by atoms with van der Waals surface area (Å²) in [4.78, 5) is 0. The van der Waals surface area contributed by atoms with E-state index in [0.717, 1.165) is 0 Å². The molecule has 0 aliphatic carbocycles. The van der Waals surface area contributed by atoms with Gasteiger partial charge in [-0.05, 0) is 0 Å². The van der Waals surface area contributed by atoms with Crippen LogP contribution in [0.3, 0.4) is 0 Å². The summed E-state index contributed by atoms with van der Waals surface area (Å²) in [7, 11) is 0. The first-order valence-corrected chi connectivity index (χ1v) is 11.1. The van der Waals surface area contributed by atoms with Crippen molar-refractivity contribution in [3.63, 3.8) is 0 Å². The van der Waals surface area contributed by atoms with Crippen LogP contribution in [0, 0.1) is 0 Å². The third-order valence-corrected chi connectivity index (χ3v) is 7.84. The van der Waals surface area contributed by atoms with Crippen LogP contribution < -0.4 is 0 Å². The van der Waals surface area contributed by atoms with Gasteiger partial charge in [-0.3, -0.25) is 0 Å². The monoisotopic (exact) mass is 396 g/mol. The van der Waals surface area contributed by atoms with E-state index in [-0.39, 0.29) is 0 Å². The van der Waals surface area contributed by atoms with Crippen LogP contribution in [0.4, 0.5) is 0 Å². The van der Waals surface area contributed by atoms with Gasteiger partial charge in [0.25, 0.3) is 0 Å². The zero-order chi connectivity index (χ0) is 17.8.